The number of aliphatic hydroxyl groups is 1. The number of nitrogens with zero attached hydrogens (tertiary/aromatic N) is 1. The third kappa shape index (κ3) is 3.93. The Balaban J connectivity index is 2.14. The molecular weight excluding hydrogens is 298 g/mol. The molecule has 1 saturated carbocycles. The zero-order valence-corrected chi connectivity index (χ0v) is 12.1. The molecule has 0 radical (unpaired) electrons. The standard InChI is InChI=1S/C13H17NO6S/c15-8-7-14(10-1-2-10)21(18,19)12-5-3-11(4-6-12)20-9-13(16)17/h3-6,10,15H,1-2,7-9H2,(H,16,17). The van der Waals surface area contributed by atoms with E-state index in [9.17, 15) is 13.2 Å². The second-order valence-corrected chi connectivity index (χ2v) is 6.61. The normalized spacial score (nSPS) is 15.1. The summed E-state index contributed by atoms with van der Waals surface area (Å²) in [7, 11) is -3.65. The number of aliphatic carboxylic acids is 1. The van der Waals surface area contributed by atoms with Crippen molar-refractivity contribution in [3.05, 3.63) is 24.3 Å². The first kappa shape index (κ1) is 15.7. The van der Waals surface area contributed by atoms with Gasteiger partial charge in [0.15, 0.2) is 6.61 Å². The first-order valence-electron chi connectivity index (χ1n) is 6.52. The summed E-state index contributed by atoms with van der Waals surface area (Å²) in [5.74, 6) is -0.814. The maximum atomic E-state index is 12.5. The molecule has 7 nitrogen and oxygen atoms in total. The zero-order chi connectivity index (χ0) is 15.5. The topological polar surface area (TPSA) is 104 Å². The van der Waals surface area contributed by atoms with E-state index in [2.05, 4.69) is 0 Å². The molecule has 21 heavy (non-hydrogen) atoms. The van der Waals surface area contributed by atoms with Crippen LogP contribution in [0.2, 0.25) is 0 Å². The maximum absolute atomic E-state index is 12.5. The highest BCUT2D eigenvalue weighted by atomic mass is 32.2. The van der Waals surface area contributed by atoms with Crippen LogP contribution in [0.15, 0.2) is 29.2 Å². The van der Waals surface area contributed by atoms with E-state index in [1.807, 2.05) is 0 Å². The van der Waals surface area contributed by atoms with Crippen LogP contribution in [0.4, 0.5) is 0 Å². The molecule has 0 spiro atoms. The van der Waals surface area contributed by atoms with E-state index in [-0.39, 0.29) is 29.8 Å². The molecule has 0 aliphatic heterocycles. The average Bonchev–Trinajstić information content (AvgIpc) is 3.27. The van der Waals surface area contributed by atoms with Crippen LogP contribution in [0.1, 0.15) is 12.8 Å². The summed E-state index contributed by atoms with van der Waals surface area (Å²) < 4.78 is 31.2. The molecule has 1 aliphatic carbocycles. The van der Waals surface area contributed by atoms with Crippen molar-refractivity contribution in [2.24, 2.45) is 0 Å². The minimum Gasteiger partial charge on any atom is -0.482 e. The summed E-state index contributed by atoms with van der Waals surface area (Å²) in [5.41, 5.74) is 0. The van der Waals surface area contributed by atoms with Gasteiger partial charge in [-0.3, -0.25) is 0 Å². The SMILES string of the molecule is O=C(O)COc1ccc(S(=O)(=O)N(CCO)C2CC2)cc1. The highest BCUT2D eigenvalue weighted by Crippen LogP contribution is 2.32. The van der Waals surface area contributed by atoms with Crippen LogP contribution in [0, 0.1) is 0 Å². The molecule has 0 unspecified atom stereocenters. The van der Waals surface area contributed by atoms with E-state index in [1.165, 1.54) is 28.6 Å². The molecule has 2 rings (SSSR count). The number of carboxylic acids is 1. The van der Waals surface area contributed by atoms with E-state index < -0.39 is 22.6 Å². The van der Waals surface area contributed by atoms with Gasteiger partial charge in [-0.25, -0.2) is 13.2 Å². The number of rotatable bonds is 8. The van der Waals surface area contributed by atoms with Crippen LogP contribution in [0.25, 0.3) is 0 Å². The quantitative estimate of drug-likeness (QED) is 0.715. The highest BCUT2D eigenvalue weighted by molar-refractivity contribution is 7.89. The van der Waals surface area contributed by atoms with Gasteiger partial charge in [-0.1, -0.05) is 0 Å². The van der Waals surface area contributed by atoms with Crippen molar-refractivity contribution < 1.29 is 28.2 Å². The molecule has 2 N–H and O–H groups in total. The van der Waals surface area contributed by atoms with Gasteiger partial charge in [-0.2, -0.15) is 4.31 Å². The van der Waals surface area contributed by atoms with Crippen LogP contribution in [0.5, 0.6) is 5.75 Å². The zero-order valence-electron chi connectivity index (χ0n) is 11.3. The van der Waals surface area contributed by atoms with Crippen molar-refractivity contribution in [3.8, 4) is 5.75 Å². The van der Waals surface area contributed by atoms with Crippen molar-refractivity contribution in [3.63, 3.8) is 0 Å². The molecule has 1 fully saturated rings. The average molecular weight is 315 g/mol. The lowest BCUT2D eigenvalue weighted by Gasteiger charge is -2.20. The molecule has 1 aromatic carbocycles. The minimum atomic E-state index is -3.65. The van der Waals surface area contributed by atoms with Crippen LogP contribution >= 0.6 is 0 Å². The van der Waals surface area contributed by atoms with Crippen LogP contribution in [-0.4, -0.2) is 54.7 Å². The Bertz CT molecular complexity index is 594. The summed E-state index contributed by atoms with van der Waals surface area (Å²) >= 11 is 0. The van der Waals surface area contributed by atoms with Gasteiger partial charge in [0, 0.05) is 12.6 Å². The third-order valence-corrected chi connectivity index (χ3v) is 5.03. The Morgan fingerprint density at radius 3 is 2.38 bits per heavy atom. The Kier molecular flexibility index (Phi) is 4.81. The monoisotopic (exact) mass is 315 g/mol. The summed E-state index contributed by atoms with van der Waals surface area (Å²) in [6.45, 7) is -0.634. The predicted octanol–water partition coefficient (Wildman–Crippen LogP) is 0.295. The van der Waals surface area contributed by atoms with E-state index >= 15 is 0 Å². The van der Waals surface area contributed by atoms with E-state index in [0.29, 0.717) is 0 Å². The largest absolute Gasteiger partial charge is 0.482 e. The Hall–Kier alpha value is -1.64. The summed E-state index contributed by atoms with van der Waals surface area (Å²) in [5, 5.41) is 17.5. The lowest BCUT2D eigenvalue weighted by Crippen LogP contribution is -2.35. The van der Waals surface area contributed by atoms with Gasteiger partial charge in [0.2, 0.25) is 10.0 Å². The number of aliphatic hydroxyl groups excluding tert-OH is 1. The number of ether oxygens (including phenoxy) is 1. The number of carboxylic acid groups (broad SMARTS) is 1. The van der Waals surface area contributed by atoms with Crippen molar-refractivity contribution in [1.29, 1.82) is 0 Å². The molecular formula is C13H17NO6S. The second-order valence-electron chi connectivity index (χ2n) is 4.72. The molecule has 0 saturated heterocycles. The number of benzene rings is 1. The molecule has 0 amide bonds. The van der Waals surface area contributed by atoms with E-state index in [1.54, 1.807) is 0 Å². The molecule has 0 aromatic heterocycles. The van der Waals surface area contributed by atoms with Crippen molar-refractivity contribution in [2.45, 2.75) is 23.8 Å². The molecule has 0 heterocycles. The molecule has 0 atom stereocenters. The number of sulfonamides is 1. The highest BCUT2D eigenvalue weighted by Gasteiger charge is 2.37. The van der Waals surface area contributed by atoms with Gasteiger partial charge in [-0.05, 0) is 37.1 Å². The Morgan fingerprint density at radius 1 is 1.29 bits per heavy atom. The number of hydrogen-bond donors (Lipinski definition) is 2. The van der Waals surface area contributed by atoms with Crippen LogP contribution in [0.3, 0.4) is 0 Å². The molecule has 0 bridgehead atoms. The summed E-state index contributed by atoms with van der Waals surface area (Å²) in [6.07, 6.45) is 1.61. The molecule has 8 heteroatoms. The first-order chi connectivity index (χ1) is 9.95. The molecule has 116 valence electrons. The number of hydrogen-bond acceptors (Lipinski definition) is 5. The second kappa shape index (κ2) is 6.42. The van der Waals surface area contributed by atoms with Crippen molar-refractivity contribution in [1.82, 2.24) is 4.31 Å². The van der Waals surface area contributed by atoms with Gasteiger partial charge in [0.25, 0.3) is 0 Å². The van der Waals surface area contributed by atoms with Crippen molar-refractivity contribution >= 4 is 16.0 Å². The smallest absolute Gasteiger partial charge is 0.341 e. The fourth-order valence-corrected chi connectivity index (χ4v) is 3.62. The first-order valence-corrected chi connectivity index (χ1v) is 7.96. The number of carbonyl (C=O) groups is 1. The van der Waals surface area contributed by atoms with Crippen LogP contribution < -0.4 is 4.74 Å². The Morgan fingerprint density at radius 2 is 1.90 bits per heavy atom. The van der Waals surface area contributed by atoms with Gasteiger partial charge < -0.3 is 14.9 Å². The third-order valence-electron chi connectivity index (χ3n) is 3.07. The van der Waals surface area contributed by atoms with E-state index in [4.69, 9.17) is 14.9 Å². The summed E-state index contributed by atoms with van der Waals surface area (Å²) in [4.78, 5) is 10.5. The fraction of sp³-hybridized carbons (Fsp3) is 0.462. The minimum absolute atomic E-state index is 0.0370. The molecule has 1 aromatic rings. The molecule has 1 aliphatic rings. The lowest BCUT2D eigenvalue weighted by atomic mass is 10.3. The van der Waals surface area contributed by atoms with Gasteiger partial charge in [-0.15, -0.1) is 0 Å². The van der Waals surface area contributed by atoms with Crippen molar-refractivity contribution in [2.75, 3.05) is 19.8 Å². The van der Waals surface area contributed by atoms with Gasteiger partial charge in [0.1, 0.15) is 5.75 Å². The lowest BCUT2D eigenvalue weighted by molar-refractivity contribution is -0.139. The maximum Gasteiger partial charge on any atom is 0.341 e. The van der Waals surface area contributed by atoms with Gasteiger partial charge in [0.05, 0.1) is 11.5 Å². The summed E-state index contributed by atoms with van der Waals surface area (Å²) in [6, 6.07) is 5.54. The predicted molar refractivity (Wildman–Crippen MR) is 73.6 cm³/mol. The van der Waals surface area contributed by atoms with Crippen LogP contribution in [-0.2, 0) is 14.8 Å². The fourth-order valence-electron chi connectivity index (χ4n) is 1.95. The Labute approximate surface area is 122 Å². The van der Waals surface area contributed by atoms with E-state index in [0.717, 1.165) is 12.8 Å². The van der Waals surface area contributed by atoms with Gasteiger partial charge >= 0.3 is 5.97 Å².